The van der Waals surface area contributed by atoms with Crippen molar-refractivity contribution in [3.05, 3.63) is 48.5 Å². The van der Waals surface area contributed by atoms with Gasteiger partial charge in [-0.3, -0.25) is 0 Å². The maximum atomic E-state index is 11.3. The Hall–Kier alpha value is -1.85. The molecule has 1 aromatic heterocycles. The third-order valence-electron chi connectivity index (χ3n) is 2.66. The third kappa shape index (κ3) is 2.34. The fourth-order valence-corrected chi connectivity index (χ4v) is 2.53. The molecule has 2 aromatic carbocycles. The molecule has 0 amide bonds. The quantitative estimate of drug-likeness (QED) is 0.679. The summed E-state index contributed by atoms with van der Waals surface area (Å²) >= 11 is 0. The topological polar surface area (TPSA) is 60.2 Å². The monoisotopic (exact) mass is 293 g/mol. The maximum Gasteiger partial charge on any atom is 0.261 e. The molecule has 0 radical (unpaired) electrons. The number of rotatable bonds is 2. The van der Waals surface area contributed by atoms with E-state index >= 15 is 0 Å². The minimum absolute atomic E-state index is 0.00238. The van der Waals surface area contributed by atoms with Crippen molar-refractivity contribution in [1.29, 1.82) is 0 Å². The zero-order chi connectivity index (χ0) is 13.5. The molecule has 0 saturated heterocycles. The van der Waals surface area contributed by atoms with Gasteiger partial charge < -0.3 is 4.42 Å². The van der Waals surface area contributed by atoms with Gasteiger partial charge in [0.1, 0.15) is 5.52 Å². The molecule has 0 aliphatic heterocycles. The van der Waals surface area contributed by atoms with Gasteiger partial charge in [0.2, 0.25) is 5.89 Å². The van der Waals surface area contributed by atoms with Gasteiger partial charge in [-0.15, -0.1) is 0 Å². The van der Waals surface area contributed by atoms with E-state index in [9.17, 15) is 8.42 Å². The highest BCUT2D eigenvalue weighted by Crippen LogP contribution is 2.26. The van der Waals surface area contributed by atoms with Crippen molar-refractivity contribution < 1.29 is 12.8 Å². The molecule has 0 aliphatic carbocycles. The van der Waals surface area contributed by atoms with E-state index in [0.717, 1.165) is 5.56 Å². The molecule has 0 spiro atoms. The largest absolute Gasteiger partial charge is 0.436 e. The van der Waals surface area contributed by atoms with Crippen LogP contribution in [0.5, 0.6) is 0 Å². The van der Waals surface area contributed by atoms with E-state index in [-0.39, 0.29) is 4.90 Å². The molecular weight excluding hydrogens is 286 g/mol. The number of hydrogen-bond donors (Lipinski definition) is 0. The first-order valence-corrected chi connectivity index (χ1v) is 7.76. The minimum atomic E-state index is -3.77. The first-order valence-electron chi connectivity index (χ1n) is 5.45. The SMILES string of the molecule is O=S(=O)(Cl)c1ccc2nc(-c3ccccc3)oc2c1. The first-order chi connectivity index (χ1) is 9.04. The number of benzene rings is 2. The lowest BCUT2D eigenvalue weighted by Gasteiger charge is -1.93. The molecule has 3 rings (SSSR count). The number of fused-ring (bicyclic) bond motifs is 1. The summed E-state index contributed by atoms with van der Waals surface area (Å²) in [5, 5.41) is 0. The van der Waals surface area contributed by atoms with Crippen molar-refractivity contribution in [2.45, 2.75) is 4.90 Å². The van der Waals surface area contributed by atoms with E-state index in [1.807, 2.05) is 30.3 Å². The van der Waals surface area contributed by atoms with Crippen LogP contribution in [0, 0.1) is 0 Å². The maximum absolute atomic E-state index is 11.3. The van der Waals surface area contributed by atoms with Gasteiger partial charge in [0.15, 0.2) is 5.58 Å². The summed E-state index contributed by atoms with van der Waals surface area (Å²) in [6, 6.07) is 13.7. The number of hydrogen-bond acceptors (Lipinski definition) is 4. The molecule has 3 aromatic rings. The zero-order valence-electron chi connectivity index (χ0n) is 9.58. The Morgan fingerprint density at radius 2 is 1.79 bits per heavy atom. The lowest BCUT2D eigenvalue weighted by molar-refractivity contribution is 0.606. The molecule has 0 saturated carbocycles. The fraction of sp³-hybridized carbons (Fsp3) is 0. The Labute approximate surface area is 114 Å². The van der Waals surface area contributed by atoms with E-state index in [2.05, 4.69) is 4.98 Å². The average Bonchev–Trinajstić information content (AvgIpc) is 2.81. The van der Waals surface area contributed by atoms with Crippen LogP contribution in [-0.2, 0) is 9.05 Å². The Morgan fingerprint density at radius 1 is 1.05 bits per heavy atom. The third-order valence-corrected chi connectivity index (χ3v) is 4.01. The second-order valence-corrected chi connectivity index (χ2v) is 6.52. The highest BCUT2D eigenvalue weighted by molar-refractivity contribution is 8.13. The molecule has 4 nitrogen and oxygen atoms in total. The van der Waals surface area contributed by atoms with Crippen molar-refractivity contribution in [2.24, 2.45) is 0 Å². The molecule has 0 bridgehead atoms. The summed E-state index contributed by atoms with van der Waals surface area (Å²) in [4.78, 5) is 4.30. The predicted octanol–water partition coefficient (Wildman–Crippen LogP) is 3.42. The summed E-state index contributed by atoms with van der Waals surface area (Å²) in [6.45, 7) is 0. The molecule has 96 valence electrons. The van der Waals surface area contributed by atoms with Crippen molar-refractivity contribution in [3.8, 4) is 11.5 Å². The van der Waals surface area contributed by atoms with E-state index in [1.54, 1.807) is 6.07 Å². The standard InChI is InChI=1S/C13H8ClNO3S/c14-19(16,17)10-6-7-11-12(8-10)18-13(15-11)9-4-2-1-3-5-9/h1-8H. The van der Waals surface area contributed by atoms with Crippen LogP contribution >= 0.6 is 10.7 Å². The molecule has 6 heteroatoms. The number of oxazole rings is 1. The second kappa shape index (κ2) is 4.36. The van der Waals surface area contributed by atoms with Gasteiger partial charge in [-0.1, -0.05) is 18.2 Å². The molecule has 0 aliphatic rings. The highest BCUT2D eigenvalue weighted by atomic mass is 35.7. The minimum Gasteiger partial charge on any atom is -0.436 e. The molecule has 0 atom stereocenters. The normalized spacial score (nSPS) is 11.8. The second-order valence-electron chi connectivity index (χ2n) is 3.95. The van der Waals surface area contributed by atoms with Gasteiger partial charge in [-0.05, 0) is 24.3 Å². The highest BCUT2D eigenvalue weighted by Gasteiger charge is 2.14. The van der Waals surface area contributed by atoms with Crippen LogP contribution in [0.25, 0.3) is 22.6 Å². The predicted molar refractivity (Wildman–Crippen MR) is 72.5 cm³/mol. The number of aromatic nitrogens is 1. The smallest absolute Gasteiger partial charge is 0.261 e. The molecule has 19 heavy (non-hydrogen) atoms. The zero-order valence-corrected chi connectivity index (χ0v) is 11.1. The summed E-state index contributed by atoms with van der Waals surface area (Å²) in [6.07, 6.45) is 0. The molecular formula is C13H8ClNO3S. The summed E-state index contributed by atoms with van der Waals surface area (Å²) < 4.78 is 28.1. The van der Waals surface area contributed by atoms with Crippen LogP contribution in [0.4, 0.5) is 0 Å². The van der Waals surface area contributed by atoms with Crippen molar-refractivity contribution >= 4 is 30.8 Å². The van der Waals surface area contributed by atoms with Crippen LogP contribution in [0.15, 0.2) is 57.8 Å². The fourth-order valence-electron chi connectivity index (χ4n) is 1.76. The summed E-state index contributed by atoms with van der Waals surface area (Å²) in [5.74, 6) is 0.444. The van der Waals surface area contributed by atoms with Gasteiger partial charge in [0.25, 0.3) is 9.05 Å². The first kappa shape index (κ1) is 12.2. The van der Waals surface area contributed by atoms with Crippen LogP contribution in [-0.4, -0.2) is 13.4 Å². The molecule has 1 heterocycles. The Kier molecular flexibility index (Phi) is 2.80. The average molecular weight is 294 g/mol. The van der Waals surface area contributed by atoms with Crippen LogP contribution in [0.2, 0.25) is 0 Å². The van der Waals surface area contributed by atoms with Gasteiger partial charge in [0.05, 0.1) is 4.90 Å². The van der Waals surface area contributed by atoms with E-state index in [4.69, 9.17) is 15.1 Å². The van der Waals surface area contributed by atoms with Gasteiger partial charge in [-0.2, -0.15) is 0 Å². The van der Waals surface area contributed by atoms with Crippen molar-refractivity contribution in [3.63, 3.8) is 0 Å². The van der Waals surface area contributed by atoms with Crippen molar-refractivity contribution in [2.75, 3.05) is 0 Å². The summed E-state index contributed by atoms with van der Waals surface area (Å²) in [7, 11) is 1.53. The number of halogens is 1. The van der Waals surface area contributed by atoms with Gasteiger partial charge in [-0.25, -0.2) is 13.4 Å². The van der Waals surface area contributed by atoms with Gasteiger partial charge in [0, 0.05) is 22.3 Å². The summed E-state index contributed by atoms with van der Waals surface area (Å²) in [5.41, 5.74) is 1.80. The molecule has 0 N–H and O–H groups in total. The Balaban J connectivity index is 2.17. The van der Waals surface area contributed by atoms with Crippen LogP contribution < -0.4 is 0 Å². The molecule has 0 unspecified atom stereocenters. The van der Waals surface area contributed by atoms with Crippen LogP contribution in [0.3, 0.4) is 0 Å². The Morgan fingerprint density at radius 3 is 2.47 bits per heavy atom. The van der Waals surface area contributed by atoms with E-state index < -0.39 is 9.05 Å². The van der Waals surface area contributed by atoms with E-state index in [1.165, 1.54) is 12.1 Å². The van der Waals surface area contributed by atoms with Crippen LogP contribution in [0.1, 0.15) is 0 Å². The lowest BCUT2D eigenvalue weighted by atomic mass is 10.2. The molecule has 0 fully saturated rings. The number of nitrogens with zero attached hydrogens (tertiary/aromatic N) is 1. The van der Waals surface area contributed by atoms with Gasteiger partial charge >= 0.3 is 0 Å². The van der Waals surface area contributed by atoms with Crippen molar-refractivity contribution in [1.82, 2.24) is 4.98 Å². The van der Waals surface area contributed by atoms with E-state index in [0.29, 0.717) is 17.0 Å². The lowest BCUT2D eigenvalue weighted by Crippen LogP contribution is -1.88. The Bertz CT molecular complexity index is 841.